The monoisotopic (exact) mass is 351 g/mol. The Bertz CT molecular complexity index is 1010. The van der Waals surface area contributed by atoms with Crippen molar-refractivity contribution in [2.45, 2.75) is 0 Å². The molecule has 0 aliphatic rings. The van der Waals surface area contributed by atoms with Gasteiger partial charge >= 0.3 is 5.63 Å². The molecule has 0 N–H and O–H groups in total. The molecule has 1 amide bonds. The Morgan fingerprint density at radius 2 is 1.88 bits per heavy atom. The molecule has 0 fully saturated rings. The van der Waals surface area contributed by atoms with Gasteiger partial charge in [-0.25, -0.2) is 4.79 Å². The van der Waals surface area contributed by atoms with Gasteiger partial charge in [0.15, 0.2) is 0 Å². The summed E-state index contributed by atoms with van der Waals surface area (Å²) < 4.78 is 5.27. The van der Waals surface area contributed by atoms with Crippen LogP contribution in [0, 0.1) is 10.1 Å². The van der Waals surface area contributed by atoms with Crippen LogP contribution in [0.3, 0.4) is 0 Å². The van der Waals surface area contributed by atoms with Crippen LogP contribution in [0.1, 0.15) is 10.4 Å². The standard InChI is InChI=1S/C18H13N3O5/c1-20(17(22)12-4-6-14(7-5-12)21(24)25)15-8-9-16(26-18(15)23)13-3-2-10-19-11-13/h2-11H,1H3. The van der Waals surface area contributed by atoms with Gasteiger partial charge in [-0.3, -0.25) is 19.9 Å². The second-order valence-electron chi connectivity index (χ2n) is 5.38. The molecular weight excluding hydrogens is 338 g/mol. The van der Waals surface area contributed by atoms with Gasteiger partial charge in [0.1, 0.15) is 11.4 Å². The number of pyridine rings is 1. The number of nitro benzene ring substituents is 1. The van der Waals surface area contributed by atoms with Crippen LogP contribution in [-0.2, 0) is 0 Å². The Balaban J connectivity index is 1.87. The van der Waals surface area contributed by atoms with E-state index in [4.69, 9.17) is 4.42 Å². The van der Waals surface area contributed by atoms with Crippen LogP contribution < -0.4 is 10.5 Å². The number of nitro groups is 1. The number of hydrogen-bond acceptors (Lipinski definition) is 6. The van der Waals surface area contributed by atoms with E-state index >= 15 is 0 Å². The highest BCUT2D eigenvalue weighted by atomic mass is 16.6. The molecule has 26 heavy (non-hydrogen) atoms. The molecule has 0 aliphatic carbocycles. The number of nitrogens with zero attached hydrogens (tertiary/aromatic N) is 3. The lowest BCUT2D eigenvalue weighted by atomic mass is 10.1. The van der Waals surface area contributed by atoms with Gasteiger partial charge in [-0.05, 0) is 36.4 Å². The second-order valence-corrected chi connectivity index (χ2v) is 5.38. The lowest BCUT2D eigenvalue weighted by molar-refractivity contribution is -0.384. The molecule has 0 unspecified atom stereocenters. The Labute approximate surface area is 147 Å². The van der Waals surface area contributed by atoms with Crippen LogP contribution in [0.5, 0.6) is 0 Å². The zero-order valence-electron chi connectivity index (χ0n) is 13.7. The van der Waals surface area contributed by atoms with Crippen molar-refractivity contribution in [1.82, 2.24) is 4.98 Å². The highest BCUT2D eigenvalue weighted by Gasteiger charge is 2.18. The average Bonchev–Trinajstić information content (AvgIpc) is 2.67. The minimum absolute atomic E-state index is 0.0565. The van der Waals surface area contributed by atoms with Crippen molar-refractivity contribution < 1.29 is 14.1 Å². The lowest BCUT2D eigenvalue weighted by Crippen LogP contribution is -2.30. The third kappa shape index (κ3) is 3.34. The van der Waals surface area contributed by atoms with Crippen molar-refractivity contribution in [3.05, 3.63) is 87.0 Å². The van der Waals surface area contributed by atoms with Crippen LogP contribution in [0.25, 0.3) is 11.3 Å². The minimum atomic E-state index is -0.677. The summed E-state index contributed by atoms with van der Waals surface area (Å²) in [6.07, 6.45) is 3.16. The molecule has 1 aromatic carbocycles. The summed E-state index contributed by atoms with van der Waals surface area (Å²) in [5.74, 6) is -0.149. The fourth-order valence-corrected chi connectivity index (χ4v) is 2.35. The first-order chi connectivity index (χ1) is 12.5. The third-order valence-corrected chi connectivity index (χ3v) is 3.74. The van der Waals surface area contributed by atoms with Crippen LogP contribution in [0.4, 0.5) is 11.4 Å². The van der Waals surface area contributed by atoms with Crippen molar-refractivity contribution >= 4 is 17.3 Å². The van der Waals surface area contributed by atoms with E-state index < -0.39 is 16.5 Å². The first-order valence-corrected chi connectivity index (χ1v) is 7.54. The molecule has 0 spiro atoms. The number of non-ortho nitro benzene ring substituents is 1. The third-order valence-electron chi connectivity index (χ3n) is 3.74. The highest BCUT2D eigenvalue weighted by Crippen LogP contribution is 2.20. The van der Waals surface area contributed by atoms with Crippen molar-refractivity contribution in [3.8, 4) is 11.3 Å². The molecule has 2 aromatic heterocycles. The Morgan fingerprint density at radius 1 is 1.15 bits per heavy atom. The van der Waals surface area contributed by atoms with Gasteiger partial charge in [-0.15, -0.1) is 0 Å². The van der Waals surface area contributed by atoms with Crippen LogP contribution in [0.2, 0.25) is 0 Å². The normalized spacial score (nSPS) is 10.3. The van der Waals surface area contributed by atoms with Crippen LogP contribution >= 0.6 is 0 Å². The number of rotatable bonds is 4. The smallest absolute Gasteiger partial charge is 0.360 e. The summed E-state index contributed by atoms with van der Waals surface area (Å²) in [5, 5.41) is 10.7. The van der Waals surface area contributed by atoms with Crippen LogP contribution in [-0.4, -0.2) is 22.9 Å². The SMILES string of the molecule is CN(C(=O)c1ccc([N+](=O)[O-])cc1)c1ccc(-c2cccnc2)oc1=O. The maximum Gasteiger partial charge on any atom is 0.360 e. The number of amides is 1. The quantitative estimate of drug-likeness (QED) is 0.528. The van der Waals surface area contributed by atoms with E-state index in [0.29, 0.717) is 11.3 Å². The van der Waals surface area contributed by atoms with Gasteiger partial charge in [-0.2, -0.15) is 0 Å². The molecule has 0 saturated carbocycles. The lowest BCUT2D eigenvalue weighted by Gasteiger charge is -2.16. The largest absolute Gasteiger partial charge is 0.421 e. The number of aromatic nitrogens is 1. The summed E-state index contributed by atoms with van der Waals surface area (Å²) in [6.45, 7) is 0. The molecule has 3 aromatic rings. The molecule has 0 bridgehead atoms. The van der Waals surface area contributed by atoms with E-state index in [9.17, 15) is 19.7 Å². The van der Waals surface area contributed by atoms with Gasteiger partial charge < -0.3 is 9.32 Å². The van der Waals surface area contributed by atoms with Gasteiger partial charge in [0.25, 0.3) is 11.6 Å². The number of carbonyl (C=O) groups is 1. The zero-order valence-corrected chi connectivity index (χ0v) is 13.7. The van der Waals surface area contributed by atoms with Gasteiger partial charge in [0.2, 0.25) is 0 Å². The molecule has 2 heterocycles. The summed E-state index contributed by atoms with van der Waals surface area (Å²) in [4.78, 5) is 40.0. The Morgan fingerprint density at radius 3 is 2.46 bits per heavy atom. The summed E-state index contributed by atoms with van der Waals surface area (Å²) >= 11 is 0. The van der Waals surface area contributed by atoms with Gasteiger partial charge in [-0.1, -0.05) is 0 Å². The van der Waals surface area contributed by atoms with E-state index in [0.717, 1.165) is 4.90 Å². The van der Waals surface area contributed by atoms with Crippen molar-refractivity contribution in [1.29, 1.82) is 0 Å². The van der Waals surface area contributed by atoms with E-state index in [2.05, 4.69) is 4.98 Å². The van der Waals surface area contributed by atoms with Crippen LogP contribution in [0.15, 0.2) is 70.1 Å². The maximum absolute atomic E-state index is 12.5. The minimum Gasteiger partial charge on any atom is -0.421 e. The maximum atomic E-state index is 12.5. The fraction of sp³-hybridized carbons (Fsp3) is 0.0556. The average molecular weight is 351 g/mol. The second kappa shape index (κ2) is 6.98. The van der Waals surface area contributed by atoms with Crippen molar-refractivity contribution in [2.24, 2.45) is 0 Å². The van der Waals surface area contributed by atoms with E-state index in [1.165, 1.54) is 37.4 Å². The highest BCUT2D eigenvalue weighted by molar-refractivity contribution is 6.05. The molecular formula is C18H13N3O5. The van der Waals surface area contributed by atoms with Gasteiger partial charge in [0, 0.05) is 42.7 Å². The number of carbonyl (C=O) groups excluding carboxylic acids is 1. The number of hydrogen-bond donors (Lipinski definition) is 0. The first-order valence-electron chi connectivity index (χ1n) is 7.54. The molecule has 8 nitrogen and oxygen atoms in total. The van der Waals surface area contributed by atoms with E-state index in [-0.39, 0.29) is 16.9 Å². The Kier molecular flexibility index (Phi) is 4.57. The van der Waals surface area contributed by atoms with Crippen molar-refractivity contribution in [3.63, 3.8) is 0 Å². The van der Waals surface area contributed by atoms with E-state index in [1.54, 1.807) is 30.6 Å². The number of anilines is 1. The molecule has 3 rings (SSSR count). The molecule has 0 atom stereocenters. The molecule has 8 heteroatoms. The zero-order chi connectivity index (χ0) is 18.7. The molecule has 130 valence electrons. The topological polar surface area (TPSA) is 107 Å². The summed E-state index contributed by atoms with van der Waals surface area (Å²) in [5.41, 5.74) is 0.115. The molecule has 0 aliphatic heterocycles. The molecule has 0 radical (unpaired) electrons. The first kappa shape index (κ1) is 17.0. The Hall–Kier alpha value is -3.81. The van der Waals surface area contributed by atoms with E-state index in [1.807, 2.05) is 0 Å². The molecule has 0 saturated heterocycles. The van der Waals surface area contributed by atoms with Gasteiger partial charge in [0.05, 0.1) is 4.92 Å². The summed E-state index contributed by atoms with van der Waals surface area (Å²) in [6, 6.07) is 11.7. The summed E-state index contributed by atoms with van der Waals surface area (Å²) in [7, 11) is 1.43. The predicted molar refractivity (Wildman–Crippen MR) is 94.0 cm³/mol. The number of benzene rings is 1. The fourth-order valence-electron chi connectivity index (χ4n) is 2.35. The van der Waals surface area contributed by atoms with Crippen molar-refractivity contribution in [2.75, 3.05) is 11.9 Å². The predicted octanol–water partition coefficient (Wildman–Crippen LogP) is 2.89.